The second-order valence-electron chi connectivity index (χ2n) is 4.34. The van der Waals surface area contributed by atoms with Gasteiger partial charge in [-0.25, -0.2) is 0 Å². The Hall–Kier alpha value is -1.10. The lowest BCUT2D eigenvalue weighted by Gasteiger charge is -1.97. The van der Waals surface area contributed by atoms with Gasteiger partial charge in [0.1, 0.15) is 0 Å². The molecule has 16 heavy (non-hydrogen) atoms. The third kappa shape index (κ3) is 5.12. The van der Waals surface area contributed by atoms with Crippen LogP contribution in [0.15, 0.2) is 54.9 Å². The minimum atomic E-state index is -0.139. The molecule has 1 heterocycles. The summed E-state index contributed by atoms with van der Waals surface area (Å²) in [4.78, 5) is 4.06. The lowest BCUT2D eigenvalue weighted by atomic mass is 10.1. The third-order valence-corrected chi connectivity index (χ3v) is 1.77. The smallest absolute Gasteiger partial charge is 0.251 e. The molecule has 2 rings (SSSR count). The van der Waals surface area contributed by atoms with Crippen molar-refractivity contribution in [2.45, 2.75) is 17.4 Å². The molecule has 0 bridgehead atoms. The number of nitrogens with zero attached hydrogens (tertiary/aromatic N) is 1. The van der Waals surface area contributed by atoms with Crippen LogP contribution in [0.5, 0.6) is 0 Å². The first-order valence-corrected chi connectivity index (χ1v) is 9.12. The van der Waals surface area contributed by atoms with Crippen molar-refractivity contribution < 1.29 is 0 Å². The first-order chi connectivity index (χ1) is 7.70. The van der Waals surface area contributed by atoms with Crippen molar-refractivity contribution in [3.8, 4) is 11.1 Å². The predicted octanol–water partition coefficient (Wildman–Crippen LogP) is 4.12. The summed E-state index contributed by atoms with van der Waals surface area (Å²) in [6.07, 6.45) is 3.65. The molecule has 0 aliphatic heterocycles. The topological polar surface area (TPSA) is 12.9 Å². The van der Waals surface area contributed by atoms with Crippen molar-refractivity contribution in [2.75, 3.05) is 0 Å². The van der Waals surface area contributed by atoms with Gasteiger partial charge in [-0.3, -0.25) is 4.98 Å². The Kier molecular flexibility index (Phi) is 5.85. The number of benzene rings is 1. The highest BCUT2D eigenvalue weighted by molar-refractivity contribution is 6.54. The summed E-state index contributed by atoms with van der Waals surface area (Å²) < 4.78 is 0. The first kappa shape index (κ1) is 13.0. The summed E-state index contributed by atoms with van der Waals surface area (Å²) in [5.74, 6) is 6.92. The Morgan fingerprint density at radius 2 is 1.38 bits per heavy atom. The molecule has 0 saturated carbocycles. The van der Waals surface area contributed by atoms with E-state index in [1.165, 1.54) is 5.56 Å². The molecular weight excluding hydrogens is 209 g/mol. The van der Waals surface area contributed by atoms with Crippen LogP contribution in [0.4, 0.5) is 0 Å². The van der Waals surface area contributed by atoms with Crippen LogP contribution in [0.3, 0.4) is 0 Å². The van der Waals surface area contributed by atoms with E-state index in [1.807, 2.05) is 30.5 Å². The maximum Gasteiger partial charge on any atom is 0.251 e. The van der Waals surface area contributed by atoms with E-state index in [4.69, 9.17) is 0 Å². The summed E-state index contributed by atoms with van der Waals surface area (Å²) in [6.45, 7) is 0. The minimum Gasteiger partial charge on any atom is -0.264 e. The fraction of sp³-hybridized carbons (Fsp3) is 0.214. The van der Waals surface area contributed by atoms with Gasteiger partial charge in [-0.2, -0.15) is 0 Å². The molecule has 0 fully saturated rings. The molecule has 0 saturated heterocycles. The maximum absolute atomic E-state index is 4.06. The molecule has 1 aromatic carbocycles. The molecule has 0 amide bonds. The van der Waals surface area contributed by atoms with Gasteiger partial charge in [-0.15, -0.1) is 17.4 Å². The Morgan fingerprint density at radius 1 is 0.812 bits per heavy atom. The SMILES string of the molecule is [CH3][Al]([CH3])[CH3].c1ccc(-c2cccnc2)cc1. The van der Waals surface area contributed by atoms with Crippen LogP contribution in [0.25, 0.3) is 11.1 Å². The van der Waals surface area contributed by atoms with Crippen LogP contribution in [0, 0.1) is 0 Å². The molecule has 0 unspecified atom stereocenters. The highest BCUT2D eigenvalue weighted by Crippen LogP contribution is 2.16. The Bertz CT molecular complexity index is 344. The maximum atomic E-state index is 4.06. The highest BCUT2D eigenvalue weighted by Gasteiger charge is 1.92. The van der Waals surface area contributed by atoms with E-state index in [0.29, 0.717) is 0 Å². The van der Waals surface area contributed by atoms with E-state index in [1.54, 1.807) is 6.20 Å². The van der Waals surface area contributed by atoms with Crippen LogP contribution in [-0.4, -0.2) is 19.1 Å². The van der Waals surface area contributed by atoms with Crippen molar-refractivity contribution >= 4 is 14.1 Å². The largest absolute Gasteiger partial charge is 0.264 e. The van der Waals surface area contributed by atoms with Crippen molar-refractivity contribution in [3.05, 3.63) is 54.9 Å². The van der Waals surface area contributed by atoms with E-state index in [0.717, 1.165) is 5.56 Å². The van der Waals surface area contributed by atoms with E-state index in [2.05, 4.69) is 40.5 Å². The van der Waals surface area contributed by atoms with Crippen LogP contribution >= 0.6 is 0 Å². The van der Waals surface area contributed by atoms with E-state index in [9.17, 15) is 0 Å². The van der Waals surface area contributed by atoms with Crippen molar-refractivity contribution in [3.63, 3.8) is 0 Å². The quantitative estimate of drug-likeness (QED) is 0.668. The van der Waals surface area contributed by atoms with Crippen molar-refractivity contribution in [1.82, 2.24) is 4.98 Å². The third-order valence-electron chi connectivity index (χ3n) is 1.77. The lowest BCUT2D eigenvalue weighted by molar-refractivity contribution is 1.33. The first-order valence-electron chi connectivity index (χ1n) is 5.65. The predicted molar refractivity (Wildman–Crippen MR) is 73.0 cm³/mol. The molecule has 0 aliphatic rings. The second-order valence-corrected chi connectivity index (χ2v) is 7.80. The van der Waals surface area contributed by atoms with Crippen LogP contribution in [0.1, 0.15) is 0 Å². The standard InChI is InChI=1S/C11H9N.3CH3.Al/c1-2-5-10(6-3-1)11-7-4-8-12-9-11;;;;/h1-9H;3*1H3;. The molecule has 2 heteroatoms. The van der Waals surface area contributed by atoms with Gasteiger partial charge in [-0.1, -0.05) is 36.4 Å². The molecule has 1 nitrogen and oxygen atoms in total. The van der Waals surface area contributed by atoms with Gasteiger partial charge in [0, 0.05) is 12.4 Å². The van der Waals surface area contributed by atoms with Crippen molar-refractivity contribution in [2.24, 2.45) is 0 Å². The monoisotopic (exact) mass is 227 g/mol. The minimum absolute atomic E-state index is 0.139. The zero-order valence-electron chi connectivity index (χ0n) is 10.2. The van der Waals surface area contributed by atoms with E-state index >= 15 is 0 Å². The summed E-state index contributed by atoms with van der Waals surface area (Å²) in [7, 11) is 0. The number of rotatable bonds is 1. The fourth-order valence-electron chi connectivity index (χ4n) is 1.16. The average molecular weight is 227 g/mol. The zero-order valence-corrected chi connectivity index (χ0v) is 11.4. The zero-order chi connectivity index (χ0) is 11.8. The normalized spacial score (nSPS) is 8.94. The molecule has 0 N–H and O–H groups in total. The highest BCUT2D eigenvalue weighted by atomic mass is 27.2. The fourth-order valence-corrected chi connectivity index (χ4v) is 1.16. The Balaban J connectivity index is 0.000000280. The number of pyridine rings is 1. The van der Waals surface area contributed by atoms with Gasteiger partial charge in [0.2, 0.25) is 0 Å². The molecule has 82 valence electrons. The van der Waals surface area contributed by atoms with E-state index in [-0.39, 0.29) is 14.1 Å². The van der Waals surface area contributed by atoms with Gasteiger partial charge in [0.05, 0.1) is 0 Å². The van der Waals surface area contributed by atoms with Crippen LogP contribution < -0.4 is 0 Å². The molecular formula is C14H18AlN. The Morgan fingerprint density at radius 3 is 1.88 bits per heavy atom. The lowest BCUT2D eigenvalue weighted by Crippen LogP contribution is -1.84. The van der Waals surface area contributed by atoms with Gasteiger partial charge < -0.3 is 0 Å². The Labute approximate surface area is 103 Å². The van der Waals surface area contributed by atoms with Crippen molar-refractivity contribution in [1.29, 1.82) is 0 Å². The van der Waals surface area contributed by atoms with Crippen LogP contribution in [-0.2, 0) is 0 Å². The number of hydrogen-bond acceptors (Lipinski definition) is 1. The molecule has 0 spiro atoms. The molecule has 0 radical (unpaired) electrons. The van der Waals surface area contributed by atoms with Gasteiger partial charge >= 0.3 is 0 Å². The molecule has 2 aromatic rings. The second kappa shape index (κ2) is 7.22. The number of aromatic nitrogens is 1. The summed E-state index contributed by atoms with van der Waals surface area (Å²) in [5.41, 5.74) is 2.38. The van der Waals surface area contributed by atoms with Crippen LogP contribution in [0.2, 0.25) is 17.4 Å². The molecule has 1 aromatic heterocycles. The van der Waals surface area contributed by atoms with Gasteiger partial charge in [0.25, 0.3) is 14.1 Å². The molecule has 0 atom stereocenters. The summed E-state index contributed by atoms with van der Waals surface area (Å²) >= 11 is -0.139. The summed E-state index contributed by atoms with van der Waals surface area (Å²) in [6, 6.07) is 14.2. The summed E-state index contributed by atoms with van der Waals surface area (Å²) in [5, 5.41) is 0. The molecule has 0 aliphatic carbocycles. The average Bonchev–Trinajstić information content (AvgIpc) is 2.31. The van der Waals surface area contributed by atoms with Gasteiger partial charge in [0.15, 0.2) is 0 Å². The van der Waals surface area contributed by atoms with E-state index < -0.39 is 0 Å². The van der Waals surface area contributed by atoms with Gasteiger partial charge in [-0.05, 0) is 17.2 Å². The number of hydrogen-bond donors (Lipinski definition) is 0.